The highest BCUT2D eigenvalue weighted by Crippen LogP contribution is 2.16. The van der Waals surface area contributed by atoms with Gasteiger partial charge in [-0.05, 0) is 38.5 Å². The van der Waals surface area contributed by atoms with Gasteiger partial charge in [0.2, 0.25) is 0 Å². The van der Waals surface area contributed by atoms with Crippen LogP contribution in [0.25, 0.3) is 10.9 Å². The largest absolute Gasteiger partial charge is 0.444 e. The fraction of sp³-hybridized carbons (Fsp3) is 0.333. The van der Waals surface area contributed by atoms with Crippen LogP contribution < -0.4 is 5.32 Å². The van der Waals surface area contributed by atoms with Gasteiger partial charge in [0.05, 0.1) is 5.69 Å². The molecule has 0 radical (unpaired) electrons. The number of aromatic nitrogens is 1. The topological polar surface area (TPSA) is 71.2 Å². The first-order chi connectivity index (χ1) is 9.37. The first-order valence-corrected chi connectivity index (χ1v) is 6.41. The van der Waals surface area contributed by atoms with E-state index >= 15 is 0 Å². The lowest BCUT2D eigenvalue weighted by Gasteiger charge is -2.19. The van der Waals surface area contributed by atoms with Gasteiger partial charge in [0.15, 0.2) is 6.29 Å². The highest BCUT2D eigenvalue weighted by molar-refractivity contribution is 5.88. The van der Waals surface area contributed by atoms with Gasteiger partial charge < -0.3 is 15.0 Å². The lowest BCUT2D eigenvalue weighted by Crippen LogP contribution is -2.32. The summed E-state index contributed by atoms with van der Waals surface area (Å²) in [5.74, 6) is 0. The van der Waals surface area contributed by atoms with E-state index in [1.54, 1.807) is 6.07 Å². The molecule has 0 bridgehead atoms. The number of carbonyl (C=O) groups excluding carboxylic acids is 2. The molecule has 5 nitrogen and oxygen atoms in total. The van der Waals surface area contributed by atoms with Gasteiger partial charge in [-0.2, -0.15) is 0 Å². The number of aromatic amines is 1. The molecule has 0 atom stereocenters. The Bertz CT molecular complexity index is 638. The molecule has 106 valence electrons. The summed E-state index contributed by atoms with van der Waals surface area (Å²) in [7, 11) is 0. The number of aldehydes is 1. The molecule has 2 N–H and O–H groups in total. The van der Waals surface area contributed by atoms with Gasteiger partial charge >= 0.3 is 6.09 Å². The zero-order valence-electron chi connectivity index (χ0n) is 11.8. The number of hydrogen-bond acceptors (Lipinski definition) is 3. The minimum Gasteiger partial charge on any atom is -0.444 e. The van der Waals surface area contributed by atoms with Gasteiger partial charge in [-0.1, -0.05) is 12.1 Å². The molecule has 1 amide bonds. The van der Waals surface area contributed by atoms with Crippen LogP contribution in [-0.4, -0.2) is 23.0 Å². The van der Waals surface area contributed by atoms with Crippen molar-refractivity contribution in [1.29, 1.82) is 0 Å². The molecule has 0 aliphatic carbocycles. The molecule has 0 aliphatic rings. The molecule has 20 heavy (non-hydrogen) atoms. The van der Waals surface area contributed by atoms with Crippen LogP contribution >= 0.6 is 0 Å². The predicted molar refractivity (Wildman–Crippen MR) is 76.8 cm³/mol. The number of carbonyl (C=O) groups is 2. The smallest absolute Gasteiger partial charge is 0.407 e. The third kappa shape index (κ3) is 3.60. The second kappa shape index (κ2) is 5.36. The Kier molecular flexibility index (Phi) is 3.79. The highest BCUT2D eigenvalue weighted by Gasteiger charge is 2.15. The molecule has 0 saturated heterocycles. The second-order valence-corrected chi connectivity index (χ2v) is 5.62. The monoisotopic (exact) mass is 274 g/mol. The maximum absolute atomic E-state index is 11.6. The van der Waals surface area contributed by atoms with Crippen LogP contribution in [-0.2, 0) is 11.3 Å². The van der Waals surface area contributed by atoms with Gasteiger partial charge in [-0.25, -0.2) is 4.79 Å². The number of rotatable bonds is 3. The van der Waals surface area contributed by atoms with Crippen molar-refractivity contribution in [3.63, 3.8) is 0 Å². The Morgan fingerprint density at radius 1 is 1.35 bits per heavy atom. The molecule has 1 heterocycles. The normalized spacial score (nSPS) is 11.3. The number of ether oxygens (including phenoxy) is 1. The lowest BCUT2D eigenvalue weighted by atomic mass is 10.1. The summed E-state index contributed by atoms with van der Waals surface area (Å²) < 4.78 is 5.16. The number of benzene rings is 1. The average Bonchev–Trinajstić information content (AvgIpc) is 2.76. The summed E-state index contributed by atoms with van der Waals surface area (Å²) in [4.78, 5) is 25.3. The number of hydrogen-bond donors (Lipinski definition) is 2. The molecular weight excluding hydrogens is 256 g/mol. The van der Waals surface area contributed by atoms with Crippen molar-refractivity contribution < 1.29 is 14.3 Å². The molecule has 2 aromatic rings. The zero-order valence-corrected chi connectivity index (χ0v) is 11.8. The Hall–Kier alpha value is -2.30. The summed E-state index contributed by atoms with van der Waals surface area (Å²) >= 11 is 0. The van der Waals surface area contributed by atoms with Gasteiger partial charge in [0.1, 0.15) is 5.60 Å². The number of fused-ring (bicyclic) bond motifs is 1. The number of H-pyrrole nitrogens is 1. The number of nitrogens with one attached hydrogen (secondary N) is 2. The lowest BCUT2D eigenvalue weighted by molar-refractivity contribution is 0.0523. The minimum absolute atomic E-state index is 0.375. The highest BCUT2D eigenvalue weighted by atomic mass is 16.6. The van der Waals surface area contributed by atoms with Crippen LogP contribution in [0.5, 0.6) is 0 Å². The van der Waals surface area contributed by atoms with E-state index in [2.05, 4.69) is 10.3 Å². The molecule has 1 aromatic heterocycles. The summed E-state index contributed by atoms with van der Waals surface area (Å²) in [6.07, 6.45) is 0.330. The molecule has 0 fully saturated rings. The average molecular weight is 274 g/mol. The quantitative estimate of drug-likeness (QED) is 0.845. The van der Waals surface area contributed by atoms with E-state index in [1.807, 2.05) is 39.0 Å². The van der Waals surface area contributed by atoms with Crippen LogP contribution in [0.4, 0.5) is 4.79 Å². The fourth-order valence-electron chi connectivity index (χ4n) is 1.86. The fourth-order valence-corrected chi connectivity index (χ4v) is 1.86. The molecule has 5 heteroatoms. The van der Waals surface area contributed by atoms with E-state index in [-0.39, 0.29) is 0 Å². The molecule has 0 unspecified atom stereocenters. The third-order valence-electron chi connectivity index (χ3n) is 2.67. The zero-order chi connectivity index (χ0) is 14.8. The predicted octanol–water partition coefficient (Wildman–Crippen LogP) is 3.01. The third-order valence-corrected chi connectivity index (χ3v) is 2.67. The van der Waals surface area contributed by atoms with Crippen LogP contribution in [0.15, 0.2) is 24.3 Å². The Morgan fingerprint density at radius 3 is 2.75 bits per heavy atom. The Labute approximate surface area is 117 Å². The van der Waals surface area contributed by atoms with E-state index in [9.17, 15) is 9.59 Å². The van der Waals surface area contributed by atoms with Crippen LogP contribution in [0.3, 0.4) is 0 Å². The first kappa shape index (κ1) is 14.1. The molecular formula is C15H18N2O3. The van der Waals surface area contributed by atoms with Crippen molar-refractivity contribution in [1.82, 2.24) is 10.3 Å². The Balaban J connectivity index is 2.03. The van der Waals surface area contributed by atoms with Crippen LogP contribution in [0.1, 0.15) is 36.8 Å². The summed E-state index contributed by atoms with van der Waals surface area (Å²) in [6, 6.07) is 7.50. The standard InChI is InChI=1S/C15H18N2O3/c1-15(2,3)20-14(19)16-8-10-4-5-11-7-12(9-18)17-13(11)6-10/h4-7,9,17H,8H2,1-3H3,(H,16,19). The van der Waals surface area contributed by atoms with E-state index in [4.69, 9.17) is 4.74 Å². The maximum Gasteiger partial charge on any atom is 0.407 e. The maximum atomic E-state index is 11.6. The van der Waals surface area contributed by atoms with E-state index in [1.165, 1.54) is 0 Å². The number of amides is 1. The molecule has 0 aliphatic heterocycles. The van der Waals surface area contributed by atoms with Crippen molar-refractivity contribution in [2.24, 2.45) is 0 Å². The number of alkyl carbamates (subject to hydrolysis) is 1. The van der Waals surface area contributed by atoms with Gasteiger partial charge in [0.25, 0.3) is 0 Å². The van der Waals surface area contributed by atoms with Gasteiger partial charge in [0, 0.05) is 17.4 Å². The summed E-state index contributed by atoms with van der Waals surface area (Å²) in [6.45, 7) is 5.83. The van der Waals surface area contributed by atoms with Gasteiger partial charge in [-0.15, -0.1) is 0 Å². The van der Waals surface area contributed by atoms with Crippen molar-refractivity contribution >= 4 is 23.3 Å². The summed E-state index contributed by atoms with van der Waals surface area (Å²) in [5.41, 5.74) is 1.84. The molecule has 2 rings (SSSR count). The SMILES string of the molecule is CC(C)(C)OC(=O)NCc1ccc2cc(C=O)[nH]c2c1. The first-order valence-electron chi connectivity index (χ1n) is 6.41. The molecule has 1 aromatic carbocycles. The van der Waals surface area contributed by atoms with Crippen molar-refractivity contribution in [2.45, 2.75) is 32.9 Å². The van der Waals surface area contributed by atoms with Gasteiger partial charge in [-0.3, -0.25) is 4.79 Å². The summed E-state index contributed by atoms with van der Waals surface area (Å²) in [5, 5.41) is 3.66. The Morgan fingerprint density at radius 2 is 2.10 bits per heavy atom. The second-order valence-electron chi connectivity index (χ2n) is 5.62. The van der Waals surface area contributed by atoms with Crippen LogP contribution in [0, 0.1) is 0 Å². The van der Waals surface area contributed by atoms with E-state index in [0.29, 0.717) is 12.2 Å². The van der Waals surface area contributed by atoms with Crippen LogP contribution in [0.2, 0.25) is 0 Å². The van der Waals surface area contributed by atoms with Crippen molar-refractivity contribution in [3.05, 3.63) is 35.5 Å². The van der Waals surface area contributed by atoms with Crippen molar-refractivity contribution in [3.8, 4) is 0 Å². The van der Waals surface area contributed by atoms with E-state index in [0.717, 1.165) is 22.8 Å². The van der Waals surface area contributed by atoms with E-state index < -0.39 is 11.7 Å². The molecule has 0 saturated carbocycles. The minimum atomic E-state index is -0.508. The molecule has 0 spiro atoms. The van der Waals surface area contributed by atoms with Crippen molar-refractivity contribution in [2.75, 3.05) is 0 Å².